The summed E-state index contributed by atoms with van der Waals surface area (Å²) in [6.45, 7) is 4.84. The molecule has 0 unspecified atom stereocenters. The van der Waals surface area contributed by atoms with Crippen molar-refractivity contribution >= 4 is 11.6 Å². The van der Waals surface area contributed by atoms with Crippen molar-refractivity contribution in [3.63, 3.8) is 0 Å². The van der Waals surface area contributed by atoms with Crippen molar-refractivity contribution in [2.75, 3.05) is 5.88 Å². The number of hydrogen-bond donors (Lipinski definition) is 0. The van der Waals surface area contributed by atoms with Gasteiger partial charge in [0.15, 0.2) is 0 Å². The van der Waals surface area contributed by atoms with Crippen LogP contribution in [0.1, 0.15) is 33.1 Å². The second-order valence-electron chi connectivity index (χ2n) is 4.85. The summed E-state index contributed by atoms with van der Waals surface area (Å²) in [4.78, 5) is 0. The maximum absolute atomic E-state index is 5.93. The van der Waals surface area contributed by atoms with Gasteiger partial charge in [-0.15, -0.1) is 11.6 Å². The molecule has 3 saturated carbocycles. The molecule has 0 aromatic carbocycles. The second kappa shape index (κ2) is 2.39. The molecule has 11 heavy (non-hydrogen) atoms. The highest BCUT2D eigenvalue weighted by atomic mass is 35.5. The summed E-state index contributed by atoms with van der Waals surface area (Å²) in [5.74, 6) is 3.68. The van der Waals surface area contributed by atoms with Gasteiger partial charge in [0.05, 0.1) is 0 Å². The smallest absolute Gasteiger partial charge is 0.0254 e. The summed E-state index contributed by atoms with van der Waals surface area (Å²) in [5.41, 5.74) is 0.623. The maximum atomic E-state index is 5.93. The van der Waals surface area contributed by atoms with Crippen LogP contribution in [0.3, 0.4) is 0 Å². The minimum Gasteiger partial charge on any atom is -0.126 e. The molecule has 0 saturated heterocycles. The van der Waals surface area contributed by atoms with E-state index in [1.54, 1.807) is 0 Å². The van der Waals surface area contributed by atoms with Crippen molar-refractivity contribution in [3.8, 4) is 0 Å². The second-order valence-corrected chi connectivity index (χ2v) is 5.16. The van der Waals surface area contributed by atoms with Crippen molar-refractivity contribution < 1.29 is 0 Å². The fraction of sp³-hybridized carbons (Fsp3) is 1.00. The van der Waals surface area contributed by atoms with Crippen LogP contribution in [0.15, 0.2) is 0 Å². The van der Waals surface area contributed by atoms with Crippen LogP contribution in [-0.2, 0) is 0 Å². The molecule has 0 heterocycles. The Morgan fingerprint density at radius 1 is 1.36 bits per heavy atom. The van der Waals surface area contributed by atoms with Crippen molar-refractivity contribution in [1.82, 2.24) is 0 Å². The van der Waals surface area contributed by atoms with E-state index in [4.69, 9.17) is 11.6 Å². The number of halogens is 1. The van der Waals surface area contributed by atoms with Crippen LogP contribution >= 0.6 is 11.6 Å². The number of rotatable bonds is 1. The highest BCUT2D eigenvalue weighted by Crippen LogP contribution is 2.61. The molecule has 64 valence electrons. The van der Waals surface area contributed by atoms with E-state index in [2.05, 4.69) is 13.8 Å². The molecule has 2 bridgehead atoms. The molecule has 0 aliphatic heterocycles. The molecular formula is C10H17Cl. The Kier molecular flexibility index (Phi) is 1.72. The van der Waals surface area contributed by atoms with Crippen LogP contribution in [-0.4, -0.2) is 5.88 Å². The first-order valence-corrected chi connectivity index (χ1v) is 5.25. The van der Waals surface area contributed by atoms with Crippen molar-refractivity contribution in [2.45, 2.75) is 33.1 Å². The molecule has 0 amide bonds. The van der Waals surface area contributed by atoms with Gasteiger partial charge in [-0.1, -0.05) is 13.8 Å². The summed E-state index contributed by atoms with van der Waals surface area (Å²) < 4.78 is 0. The fourth-order valence-electron chi connectivity index (χ4n) is 3.15. The molecule has 0 aromatic rings. The predicted octanol–water partition coefficient (Wildman–Crippen LogP) is 3.30. The first kappa shape index (κ1) is 7.91. The molecule has 1 heteroatoms. The van der Waals surface area contributed by atoms with Crippen LogP contribution < -0.4 is 0 Å². The summed E-state index contributed by atoms with van der Waals surface area (Å²) in [5, 5.41) is 0. The van der Waals surface area contributed by atoms with E-state index in [-0.39, 0.29) is 0 Å². The largest absolute Gasteiger partial charge is 0.126 e. The lowest BCUT2D eigenvalue weighted by Crippen LogP contribution is -2.52. The Morgan fingerprint density at radius 2 is 2.09 bits per heavy atom. The standard InChI is InChI=1S/C10H17Cl/c1-10(2)8-4-3-7(6-11)9(10)5-8/h7-9H,3-6H2,1-2H3/t7-,8+,9+/m1/s1. The summed E-state index contributed by atoms with van der Waals surface area (Å²) >= 11 is 5.93. The molecular weight excluding hydrogens is 156 g/mol. The monoisotopic (exact) mass is 172 g/mol. The molecule has 0 N–H and O–H groups in total. The topological polar surface area (TPSA) is 0 Å². The molecule has 0 aromatic heterocycles. The molecule has 3 aliphatic rings. The quantitative estimate of drug-likeness (QED) is 0.533. The summed E-state index contributed by atoms with van der Waals surface area (Å²) in [6, 6.07) is 0. The van der Waals surface area contributed by atoms with E-state index in [9.17, 15) is 0 Å². The molecule has 0 nitrogen and oxygen atoms in total. The Labute approximate surface area is 74.3 Å². The van der Waals surface area contributed by atoms with E-state index < -0.39 is 0 Å². The maximum Gasteiger partial charge on any atom is 0.0254 e. The molecule has 3 rings (SSSR count). The van der Waals surface area contributed by atoms with Crippen LogP contribution in [0.2, 0.25) is 0 Å². The normalized spacial score (nSPS) is 46.6. The Morgan fingerprint density at radius 3 is 2.45 bits per heavy atom. The first-order chi connectivity index (χ1) is 5.16. The van der Waals surface area contributed by atoms with E-state index in [1.807, 2.05) is 0 Å². The molecule has 3 aliphatic carbocycles. The van der Waals surface area contributed by atoms with Crippen LogP contribution in [0.4, 0.5) is 0 Å². The van der Waals surface area contributed by atoms with Gasteiger partial charge >= 0.3 is 0 Å². The minimum atomic E-state index is 0.623. The van der Waals surface area contributed by atoms with Gasteiger partial charge in [-0.25, -0.2) is 0 Å². The van der Waals surface area contributed by atoms with Crippen LogP contribution in [0, 0.1) is 23.2 Å². The molecule has 0 spiro atoms. The Bertz CT molecular complexity index is 160. The zero-order chi connectivity index (χ0) is 8.06. The zero-order valence-electron chi connectivity index (χ0n) is 7.44. The van der Waals surface area contributed by atoms with Gasteiger partial charge in [-0.3, -0.25) is 0 Å². The predicted molar refractivity (Wildman–Crippen MR) is 48.8 cm³/mol. The van der Waals surface area contributed by atoms with Crippen LogP contribution in [0.5, 0.6) is 0 Å². The van der Waals surface area contributed by atoms with Gasteiger partial charge in [-0.2, -0.15) is 0 Å². The molecule has 3 atom stereocenters. The lowest BCUT2D eigenvalue weighted by atomic mass is 9.46. The third-order valence-corrected chi connectivity index (χ3v) is 4.60. The zero-order valence-corrected chi connectivity index (χ0v) is 8.19. The lowest BCUT2D eigenvalue weighted by molar-refractivity contribution is -0.0977. The van der Waals surface area contributed by atoms with Crippen molar-refractivity contribution in [1.29, 1.82) is 0 Å². The lowest BCUT2D eigenvalue weighted by Gasteiger charge is -2.60. The first-order valence-electron chi connectivity index (χ1n) is 4.72. The number of alkyl halides is 1. The summed E-state index contributed by atoms with van der Waals surface area (Å²) in [7, 11) is 0. The highest BCUT2D eigenvalue weighted by Gasteiger charge is 2.53. The molecule has 0 radical (unpaired) electrons. The third-order valence-electron chi connectivity index (χ3n) is 4.20. The number of fused-ring (bicyclic) bond motifs is 2. The SMILES string of the molecule is CC1(C)[C@H]2CC[C@H](CCl)[C@@H]1C2. The van der Waals surface area contributed by atoms with Crippen molar-refractivity contribution in [2.24, 2.45) is 23.2 Å². The van der Waals surface area contributed by atoms with E-state index in [0.29, 0.717) is 5.41 Å². The van der Waals surface area contributed by atoms with E-state index in [0.717, 1.165) is 23.6 Å². The van der Waals surface area contributed by atoms with E-state index in [1.165, 1.54) is 19.3 Å². The van der Waals surface area contributed by atoms with Gasteiger partial charge in [-0.05, 0) is 42.4 Å². The van der Waals surface area contributed by atoms with Crippen molar-refractivity contribution in [3.05, 3.63) is 0 Å². The molecule has 3 fully saturated rings. The minimum absolute atomic E-state index is 0.623. The number of hydrogen-bond acceptors (Lipinski definition) is 0. The summed E-state index contributed by atoms with van der Waals surface area (Å²) in [6.07, 6.45) is 4.29. The average Bonchev–Trinajstić information content (AvgIpc) is 2.04. The van der Waals surface area contributed by atoms with Gasteiger partial charge in [0, 0.05) is 5.88 Å². The van der Waals surface area contributed by atoms with Crippen LogP contribution in [0.25, 0.3) is 0 Å². The third kappa shape index (κ3) is 0.950. The fourth-order valence-corrected chi connectivity index (χ4v) is 3.52. The Hall–Kier alpha value is 0.290. The highest BCUT2D eigenvalue weighted by molar-refractivity contribution is 6.18. The van der Waals surface area contributed by atoms with Gasteiger partial charge < -0.3 is 0 Å². The average molecular weight is 173 g/mol. The van der Waals surface area contributed by atoms with Gasteiger partial charge in [0.25, 0.3) is 0 Å². The van der Waals surface area contributed by atoms with E-state index >= 15 is 0 Å². The Balaban J connectivity index is 2.10. The van der Waals surface area contributed by atoms with Gasteiger partial charge in [0.1, 0.15) is 0 Å². The van der Waals surface area contributed by atoms with Gasteiger partial charge in [0.2, 0.25) is 0 Å².